The van der Waals surface area contributed by atoms with Gasteiger partial charge in [0.1, 0.15) is 28.4 Å². The average molecular weight is 523 g/mol. The number of hydrogen-bond acceptors (Lipinski definition) is 7. The molecule has 2 fully saturated rings. The van der Waals surface area contributed by atoms with E-state index in [2.05, 4.69) is 10.3 Å². The normalized spacial score (nSPS) is 22.0. The number of halogens is 2. The molecule has 0 bridgehead atoms. The van der Waals surface area contributed by atoms with Gasteiger partial charge in [-0.15, -0.1) is 0 Å². The van der Waals surface area contributed by atoms with Crippen LogP contribution in [0.2, 0.25) is 0 Å². The third-order valence-electron chi connectivity index (χ3n) is 6.59. The summed E-state index contributed by atoms with van der Waals surface area (Å²) in [5.74, 6) is -2.11. The van der Waals surface area contributed by atoms with Crippen molar-refractivity contribution < 1.29 is 31.9 Å². The molecule has 36 heavy (non-hydrogen) atoms. The fraction of sp³-hybridized carbons (Fsp3) is 0.458. The van der Waals surface area contributed by atoms with Gasteiger partial charge >= 0.3 is 0 Å². The number of anilines is 2. The lowest BCUT2D eigenvalue weighted by Crippen LogP contribution is -2.56. The van der Waals surface area contributed by atoms with E-state index in [0.29, 0.717) is 49.8 Å². The van der Waals surface area contributed by atoms with Crippen LogP contribution in [0, 0.1) is 11.6 Å². The molecule has 0 aliphatic carbocycles. The number of aromatic nitrogens is 1. The third kappa shape index (κ3) is 5.34. The number of nitrogens with one attached hydrogen (secondary N) is 1. The zero-order valence-corrected chi connectivity index (χ0v) is 20.8. The minimum absolute atomic E-state index is 0.102. The summed E-state index contributed by atoms with van der Waals surface area (Å²) >= 11 is 0. The smallest absolute Gasteiger partial charge is 0.245 e. The van der Waals surface area contributed by atoms with Crippen molar-refractivity contribution in [3.05, 3.63) is 47.7 Å². The van der Waals surface area contributed by atoms with E-state index in [1.165, 1.54) is 6.20 Å². The Labute approximate surface area is 208 Å². The van der Waals surface area contributed by atoms with Gasteiger partial charge in [-0.2, -0.15) is 0 Å². The fourth-order valence-electron chi connectivity index (χ4n) is 4.64. The molecule has 2 saturated heterocycles. The molecule has 2 N–H and O–H groups in total. The van der Waals surface area contributed by atoms with Crippen molar-refractivity contribution >= 4 is 33.2 Å². The van der Waals surface area contributed by atoms with Crippen molar-refractivity contribution in [2.24, 2.45) is 0 Å². The maximum atomic E-state index is 14.5. The number of carbonyl (C=O) groups is 2. The van der Waals surface area contributed by atoms with Crippen molar-refractivity contribution in [3.63, 3.8) is 0 Å². The first kappa shape index (κ1) is 26.0. The highest BCUT2D eigenvalue weighted by atomic mass is 32.2. The summed E-state index contributed by atoms with van der Waals surface area (Å²) < 4.78 is 52.1. The molecule has 4 rings (SSSR count). The first-order valence-corrected chi connectivity index (χ1v) is 13.6. The summed E-state index contributed by atoms with van der Waals surface area (Å²) in [6.45, 7) is 2.43. The van der Waals surface area contributed by atoms with Crippen LogP contribution in [-0.4, -0.2) is 66.7 Å². The monoisotopic (exact) mass is 522 g/mol. The number of likely N-dealkylation sites (tertiary alicyclic amines) is 1. The third-order valence-corrected chi connectivity index (χ3v) is 7.70. The van der Waals surface area contributed by atoms with Gasteiger partial charge in [-0.25, -0.2) is 22.2 Å². The van der Waals surface area contributed by atoms with Gasteiger partial charge in [-0.1, -0.05) is 6.07 Å². The fourth-order valence-corrected chi connectivity index (χ4v) is 5.37. The van der Waals surface area contributed by atoms with E-state index in [4.69, 9.17) is 0 Å². The van der Waals surface area contributed by atoms with Crippen molar-refractivity contribution in [2.75, 3.05) is 29.6 Å². The number of carbonyl (C=O) groups excluding carboxylic acids is 2. The number of sulfone groups is 1. The van der Waals surface area contributed by atoms with Crippen LogP contribution >= 0.6 is 0 Å². The van der Waals surface area contributed by atoms with E-state index in [-0.39, 0.29) is 30.0 Å². The van der Waals surface area contributed by atoms with Crippen LogP contribution in [0.4, 0.5) is 20.3 Å². The van der Waals surface area contributed by atoms with Crippen molar-refractivity contribution in [1.29, 1.82) is 0 Å². The number of amides is 2. The molecule has 0 saturated carbocycles. The molecule has 1 aromatic heterocycles. The Hall–Kier alpha value is -3.12. The number of benzene rings is 1. The van der Waals surface area contributed by atoms with Crippen LogP contribution < -0.4 is 10.2 Å². The van der Waals surface area contributed by atoms with Gasteiger partial charge in [0.15, 0.2) is 9.84 Å². The van der Waals surface area contributed by atoms with Gasteiger partial charge in [-0.3, -0.25) is 14.5 Å². The molecule has 2 aliphatic rings. The highest BCUT2D eigenvalue weighted by Gasteiger charge is 2.38. The van der Waals surface area contributed by atoms with Crippen LogP contribution in [0.15, 0.2) is 35.4 Å². The highest BCUT2D eigenvalue weighted by molar-refractivity contribution is 7.90. The summed E-state index contributed by atoms with van der Waals surface area (Å²) in [4.78, 5) is 32.8. The van der Waals surface area contributed by atoms with Crippen LogP contribution in [0.1, 0.15) is 44.3 Å². The predicted molar refractivity (Wildman–Crippen MR) is 128 cm³/mol. The minimum Gasteiger partial charge on any atom is -0.389 e. The van der Waals surface area contributed by atoms with Gasteiger partial charge in [0.25, 0.3) is 0 Å². The van der Waals surface area contributed by atoms with Gasteiger partial charge in [0, 0.05) is 44.1 Å². The minimum atomic E-state index is -3.95. The topological polar surface area (TPSA) is 120 Å². The summed E-state index contributed by atoms with van der Waals surface area (Å²) in [7, 11) is -3.95. The van der Waals surface area contributed by atoms with Crippen molar-refractivity contribution in [2.45, 2.75) is 55.7 Å². The maximum Gasteiger partial charge on any atom is 0.245 e. The Bertz CT molecular complexity index is 1270. The number of pyridine rings is 1. The van der Waals surface area contributed by atoms with Gasteiger partial charge in [0.05, 0.1) is 11.8 Å². The molecule has 3 heterocycles. The largest absolute Gasteiger partial charge is 0.389 e. The Morgan fingerprint density at radius 3 is 2.50 bits per heavy atom. The van der Waals surface area contributed by atoms with Crippen LogP contribution in [-0.2, 0) is 19.4 Å². The Kier molecular flexibility index (Phi) is 7.28. The number of aliphatic hydroxyl groups excluding tert-OH is 1. The van der Waals surface area contributed by atoms with E-state index in [1.54, 1.807) is 28.9 Å². The maximum absolute atomic E-state index is 14.5. The number of hydrogen-bond donors (Lipinski definition) is 2. The summed E-state index contributed by atoms with van der Waals surface area (Å²) in [5, 5.41) is 12.4. The van der Waals surface area contributed by atoms with Crippen LogP contribution in [0.5, 0.6) is 0 Å². The van der Waals surface area contributed by atoms with Gasteiger partial charge in [-0.05, 0) is 43.9 Å². The Morgan fingerprint density at radius 2 is 1.89 bits per heavy atom. The van der Waals surface area contributed by atoms with Crippen LogP contribution in [0.3, 0.4) is 0 Å². The predicted octanol–water partition coefficient (Wildman–Crippen LogP) is 2.42. The lowest BCUT2D eigenvalue weighted by molar-refractivity contribution is -0.138. The lowest BCUT2D eigenvalue weighted by atomic mass is 9.96. The van der Waals surface area contributed by atoms with Crippen molar-refractivity contribution in [3.8, 4) is 0 Å². The lowest BCUT2D eigenvalue weighted by Gasteiger charge is -2.41. The second-order valence-corrected chi connectivity index (χ2v) is 11.2. The molecule has 0 radical (unpaired) electrons. The standard InChI is InChI=1S/C24H28F2N4O5S/c1-14(31)15-5-6-22(27-13-15)30-9-7-16(10-23(30)32)29-8-3-4-19(24(29)33)28-20-11-18(26)21(12-17(20)25)36(2,34)35/h5-6,11-14,16,19,28,31H,3-4,7-10H2,1-2H3/t14?,16?,19-/m0/s1. The van der Waals surface area contributed by atoms with E-state index in [1.807, 2.05) is 0 Å². The zero-order chi connectivity index (χ0) is 26.2. The molecular formula is C24H28F2N4O5S. The number of rotatable bonds is 6. The molecule has 194 valence electrons. The molecule has 1 aromatic carbocycles. The SMILES string of the molecule is CC(O)c1ccc(N2CCC(N3CCC[C@H](Nc4cc(F)c(S(C)(=O)=O)cc4F)C3=O)CC2=O)nc1. The molecule has 3 atom stereocenters. The molecule has 2 amide bonds. The second-order valence-electron chi connectivity index (χ2n) is 9.22. The molecular weight excluding hydrogens is 494 g/mol. The summed E-state index contributed by atoms with van der Waals surface area (Å²) in [6, 6.07) is 3.57. The van der Waals surface area contributed by atoms with Gasteiger partial charge in [0.2, 0.25) is 11.8 Å². The van der Waals surface area contributed by atoms with Crippen molar-refractivity contribution in [1.82, 2.24) is 9.88 Å². The second kappa shape index (κ2) is 10.1. The van der Waals surface area contributed by atoms with E-state index in [0.717, 1.165) is 12.3 Å². The molecule has 12 heteroatoms. The Balaban J connectivity index is 1.43. The van der Waals surface area contributed by atoms with E-state index in [9.17, 15) is 31.9 Å². The molecule has 9 nitrogen and oxygen atoms in total. The van der Waals surface area contributed by atoms with E-state index >= 15 is 0 Å². The summed E-state index contributed by atoms with van der Waals surface area (Å²) in [5.41, 5.74) is 0.346. The first-order chi connectivity index (χ1) is 17.0. The quantitative estimate of drug-likeness (QED) is 0.598. The highest BCUT2D eigenvalue weighted by Crippen LogP contribution is 2.29. The molecule has 2 aromatic rings. The number of piperidine rings is 2. The number of nitrogens with zero attached hydrogens (tertiary/aromatic N) is 3. The first-order valence-electron chi connectivity index (χ1n) is 11.7. The summed E-state index contributed by atoms with van der Waals surface area (Å²) in [6.07, 6.45) is 3.26. The Morgan fingerprint density at radius 1 is 1.14 bits per heavy atom. The molecule has 0 spiro atoms. The van der Waals surface area contributed by atoms with Gasteiger partial charge < -0.3 is 15.3 Å². The average Bonchev–Trinajstić information content (AvgIpc) is 2.81. The number of aliphatic hydroxyl groups is 1. The van der Waals surface area contributed by atoms with E-state index < -0.39 is 38.5 Å². The zero-order valence-electron chi connectivity index (χ0n) is 19.9. The molecule has 2 aliphatic heterocycles. The van der Waals surface area contributed by atoms with Crippen LogP contribution in [0.25, 0.3) is 0 Å². The molecule has 2 unspecified atom stereocenters.